The monoisotopic (exact) mass is 261 g/mol. The number of benzene rings is 1. The summed E-state index contributed by atoms with van der Waals surface area (Å²) in [6.45, 7) is 6.62. The fourth-order valence-corrected chi connectivity index (χ4v) is 3.54. The molecule has 0 aliphatic carbocycles. The van der Waals surface area contributed by atoms with Crippen molar-refractivity contribution >= 4 is 0 Å². The predicted octanol–water partition coefficient (Wildman–Crippen LogP) is 2.87. The van der Waals surface area contributed by atoms with Gasteiger partial charge in [0, 0.05) is 35.5 Å². The molecular formula is C16H23NO2. The van der Waals surface area contributed by atoms with E-state index in [2.05, 4.69) is 38.2 Å². The second kappa shape index (κ2) is 4.71. The molecule has 2 heterocycles. The fraction of sp³-hybridized carbons (Fsp3) is 0.625. The van der Waals surface area contributed by atoms with Crippen LogP contribution in [0.3, 0.4) is 0 Å². The topological polar surface area (TPSA) is 30.5 Å². The first-order chi connectivity index (χ1) is 9.08. The summed E-state index contributed by atoms with van der Waals surface area (Å²) in [5.41, 5.74) is 2.57. The predicted molar refractivity (Wildman–Crippen MR) is 76.2 cm³/mol. The van der Waals surface area contributed by atoms with E-state index in [1.807, 2.05) is 0 Å². The van der Waals surface area contributed by atoms with Crippen molar-refractivity contribution < 1.29 is 9.47 Å². The molecule has 0 amide bonds. The van der Waals surface area contributed by atoms with Crippen molar-refractivity contribution in [1.82, 2.24) is 5.32 Å². The standard InChI is InChI=1S/C16H23NO2/c1-9-5-13(11(3)17-9)14-8-15-12(6-10(2)19-15)7-16(14)18-4/h7-11,13,17H,5-6H2,1-4H3. The molecule has 19 heavy (non-hydrogen) atoms. The van der Waals surface area contributed by atoms with Crippen LogP contribution in [-0.2, 0) is 6.42 Å². The van der Waals surface area contributed by atoms with Crippen LogP contribution in [0, 0.1) is 0 Å². The molecule has 1 N–H and O–H groups in total. The molecule has 4 atom stereocenters. The van der Waals surface area contributed by atoms with Crippen molar-refractivity contribution in [2.24, 2.45) is 0 Å². The van der Waals surface area contributed by atoms with Gasteiger partial charge in [0.25, 0.3) is 0 Å². The van der Waals surface area contributed by atoms with E-state index in [4.69, 9.17) is 9.47 Å². The molecule has 1 saturated heterocycles. The molecule has 0 spiro atoms. The smallest absolute Gasteiger partial charge is 0.123 e. The van der Waals surface area contributed by atoms with E-state index in [9.17, 15) is 0 Å². The second-order valence-electron chi connectivity index (χ2n) is 6.03. The largest absolute Gasteiger partial charge is 0.496 e. The molecule has 1 aromatic carbocycles. The third-order valence-corrected chi connectivity index (χ3v) is 4.41. The number of hydrogen-bond acceptors (Lipinski definition) is 3. The van der Waals surface area contributed by atoms with Crippen LogP contribution in [0.15, 0.2) is 12.1 Å². The summed E-state index contributed by atoms with van der Waals surface area (Å²) in [5, 5.41) is 3.60. The van der Waals surface area contributed by atoms with Crippen molar-refractivity contribution in [2.75, 3.05) is 7.11 Å². The Bertz CT molecular complexity index is 486. The van der Waals surface area contributed by atoms with Crippen molar-refractivity contribution in [2.45, 2.75) is 57.7 Å². The maximum Gasteiger partial charge on any atom is 0.123 e. The Morgan fingerprint density at radius 1 is 1.26 bits per heavy atom. The van der Waals surface area contributed by atoms with Crippen LogP contribution < -0.4 is 14.8 Å². The summed E-state index contributed by atoms with van der Waals surface area (Å²) in [6, 6.07) is 5.43. The first-order valence-electron chi connectivity index (χ1n) is 7.22. The van der Waals surface area contributed by atoms with Gasteiger partial charge < -0.3 is 14.8 Å². The van der Waals surface area contributed by atoms with Gasteiger partial charge in [0.05, 0.1) is 7.11 Å². The zero-order valence-corrected chi connectivity index (χ0v) is 12.2. The van der Waals surface area contributed by atoms with Crippen LogP contribution in [0.25, 0.3) is 0 Å². The van der Waals surface area contributed by atoms with Gasteiger partial charge in [-0.2, -0.15) is 0 Å². The number of fused-ring (bicyclic) bond motifs is 1. The lowest BCUT2D eigenvalue weighted by Gasteiger charge is -2.19. The number of ether oxygens (including phenoxy) is 2. The molecule has 1 fully saturated rings. The Labute approximate surface area is 115 Å². The minimum Gasteiger partial charge on any atom is -0.496 e. The summed E-state index contributed by atoms with van der Waals surface area (Å²) < 4.78 is 11.5. The Hall–Kier alpha value is -1.22. The average Bonchev–Trinajstić information content (AvgIpc) is 2.88. The maximum atomic E-state index is 5.89. The summed E-state index contributed by atoms with van der Waals surface area (Å²) in [5.74, 6) is 2.58. The van der Waals surface area contributed by atoms with Crippen molar-refractivity contribution in [3.05, 3.63) is 23.3 Å². The average molecular weight is 261 g/mol. The van der Waals surface area contributed by atoms with Gasteiger partial charge in [-0.1, -0.05) is 0 Å². The molecular weight excluding hydrogens is 238 g/mol. The SMILES string of the molecule is COc1cc2c(cc1C1CC(C)NC1C)OC(C)C2. The quantitative estimate of drug-likeness (QED) is 0.888. The third-order valence-electron chi connectivity index (χ3n) is 4.41. The van der Waals surface area contributed by atoms with Crippen molar-refractivity contribution in [1.29, 1.82) is 0 Å². The third kappa shape index (κ3) is 2.20. The van der Waals surface area contributed by atoms with Crippen LogP contribution in [-0.4, -0.2) is 25.3 Å². The molecule has 0 saturated carbocycles. The van der Waals surface area contributed by atoms with Crippen molar-refractivity contribution in [3.8, 4) is 11.5 Å². The van der Waals surface area contributed by atoms with Crippen molar-refractivity contribution in [3.63, 3.8) is 0 Å². The first-order valence-corrected chi connectivity index (χ1v) is 7.22. The molecule has 3 rings (SSSR count). The first kappa shape index (κ1) is 12.8. The summed E-state index contributed by atoms with van der Waals surface area (Å²) in [4.78, 5) is 0. The normalized spacial score (nSPS) is 33.1. The lowest BCUT2D eigenvalue weighted by molar-refractivity contribution is 0.254. The van der Waals surface area contributed by atoms with Gasteiger partial charge in [0.1, 0.15) is 17.6 Å². The molecule has 3 heteroatoms. The maximum absolute atomic E-state index is 5.89. The van der Waals surface area contributed by atoms with E-state index in [-0.39, 0.29) is 6.10 Å². The summed E-state index contributed by atoms with van der Waals surface area (Å²) in [7, 11) is 1.76. The van der Waals surface area contributed by atoms with Gasteiger partial charge in [-0.3, -0.25) is 0 Å². The Morgan fingerprint density at radius 3 is 2.68 bits per heavy atom. The Balaban J connectivity index is 1.99. The molecule has 2 aliphatic heterocycles. The number of hydrogen-bond donors (Lipinski definition) is 1. The highest BCUT2D eigenvalue weighted by molar-refractivity contribution is 5.50. The summed E-state index contributed by atoms with van der Waals surface area (Å²) >= 11 is 0. The van der Waals surface area contributed by atoms with Gasteiger partial charge in [0.2, 0.25) is 0 Å². The number of rotatable bonds is 2. The van der Waals surface area contributed by atoms with Crippen LogP contribution in [0.1, 0.15) is 44.2 Å². The van der Waals surface area contributed by atoms with E-state index < -0.39 is 0 Å². The van der Waals surface area contributed by atoms with Gasteiger partial charge in [-0.05, 0) is 39.3 Å². The second-order valence-corrected chi connectivity index (χ2v) is 6.03. The Morgan fingerprint density at radius 2 is 2.05 bits per heavy atom. The zero-order chi connectivity index (χ0) is 13.6. The molecule has 3 nitrogen and oxygen atoms in total. The molecule has 104 valence electrons. The molecule has 0 radical (unpaired) electrons. The van der Waals surface area contributed by atoms with E-state index in [1.54, 1.807) is 7.11 Å². The van der Waals surface area contributed by atoms with Gasteiger partial charge in [-0.15, -0.1) is 0 Å². The van der Waals surface area contributed by atoms with E-state index in [1.165, 1.54) is 11.1 Å². The van der Waals surface area contributed by atoms with Crippen LogP contribution >= 0.6 is 0 Å². The molecule has 0 bridgehead atoms. The van der Waals surface area contributed by atoms with Gasteiger partial charge >= 0.3 is 0 Å². The number of methoxy groups -OCH3 is 1. The van der Waals surface area contributed by atoms with E-state index in [0.717, 1.165) is 24.3 Å². The Kier molecular flexibility index (Phi) is 3.17. The van der Waals surface area contributed by atoms with Crippen LogP contribution in [0.5, 0.6) is 11.5 Å². The minimum absolute atomic E-state index is 0.285. The van der Waals surface area contributed by atoms with E-state index >= 15 is 0 Å². The van der Waals surface area contributed by atoms with Gasteiger partial charge in [-0.25, -0.2) is 0 Å². The lowest BCUT2D eigenvalue weighted by atomic mass is 9.89. The highest BCUT2D eigenvalue weighted by Gasteiger charge is 2.33. The molecule has 2 aliphatic rings. The highest BCUT2D eigenvalue weighted by Crippen LogP contribution is 2.42. The zero-order valence-electron chi connectivity index (χ0n) is 12.2. The van der Waals surface area contributed by atoms with E-state index in [0.29, 0.717) is 18.0 Å². The highest BCUT2D eigenvalue weighted by atomic mass is 16.5. The summed E-state index contributed by atoms with van der Waals surface area (Å²) in [6.07, 6.45) is 2.43. The molecule has 1 aromatic rings. The van der Waals surface area contributed by atoms with Crippen LogP contribution in [0.2, 0.25) is 0 Å². The number of nitrogens with one attached hydrogen (secondary N) is 1. The molecule has 0 aromatic heterocycles. The fourth-order valence-electron chi connectivity index (χ4n) is 3.54. The minimum atomic E-state index is 0.285. The van der Waals surface area contributed by atoms with Gasteiger partial charge in [0.15, 0.2) is 0 Å². The molecule has 4 unspecified atom stereocenters. The van der Waals surface area contributed by atoms with Crippen LogP contribution in [0.4, 0.5) is 0 Å². The lowest BCUT2D eigenvalue weighted by Crippen LogP contribution is -2.26.